The molecule has 1 saturated heterocycles. The Morgan fingerprint density at radius 1 is 0.857 bits per heavy atom. The van der Waals surface area contributed by atoms with E-state index in [4.69, 9.17) is 0 Å². The Balaban J connectivity index is 1.20. The fraction of sp³-hybridized carbons (Fsp3) is 0.259. The molecule has 1 aliphatic heterocycles. The Bertz CT molecular complexity index is 1330. The standard InChI is InChI=1S/C27H27F2N5O/c1-2-24-26(34-18-21(29)7-12-25(34)31-24)27(35)30-17-19-3-8-22(9-4-19)32-13-15-33(16-14-32)23-10-5-20(28)6-11-23/h3-12,18H,2,13-17H2,1H3,(H,30,35). The van der Waals surface area contributed by atoms with Crippen molar-refractivity contribution in [3.8, 4) is 0 Å². The summed E-state index contributed by atoms with van der Waals surface area (Å²) in [5.41, 5.74) is 4.71. The van der Waals surface area contributed by atoms with E-state index in [1.165, 1.54) is 28.8 Å². The number of carbonyl (C=O) groups excluding carboxylic acids is 1. The van der Waals surface area contributed by atoms with Gasteiger partial charge in [0, 0.05) is 50.3 Å². The van der Waals surface area contributed by atoms with Crippen LogP contribution in [0.5, 0.6) is 0 Å². The first kappa shape index (κ1) is 22.8. The zero-order valence-electron chi connectivity index (χ0n) is 19.5. The maximum atomic E-state index is 13.8. The Kier molecular flexibility index (Phi) is 6.35. The fourth-order valence-electron chi connectivity index (χ4n) is 4.52. The summed E-state index contributed by atoms with van der Waals surface area (Å²) < 4.78 is 28.5. The van der Waals surface area contributed by atoms with Crippen molar-refractivity contribution in [2.75, 3.05) is 36.0 Å². The number of hydrogen-bond donors (Lipinski definition) is 1. The highest BCUT2D eigenvalue weighted by molar-refractivity contribution is 5.94. The Morgan fingerprint density at radius 2 is 1.43 bits per heavy atom. The van der Waals surface area contributed by atoms with Crippen LogP contribution < -0.4 is 15.1 Å². The van der Waals surface area contributed by atoms with Crippen molar-refractivity contribution < 1.29 is 13.6 Å². The van der Waals surface area contributed by atoms with Gasteiger partial charge in [0.2, 0.25) is 0 Å². The summed E-state index contributed by atoms with van der Waals surface area (Å²) in [5.74, 6) is -0.913. The first-order valence-electron chi connectivity index (χ1n) is 11.8. The maximum absolute atomic E-state index is 13.8. The molecule has 6 nitrogen and oxygen atoms in total. The molecule has 4 aromatic rings. The number of imidazole rings is 1. The van der Waals surface area contributed by atoms with Gasteiger partial charge in [-0.3, -0.25) is 9.20 Å². The molecular weight excluding hydrogens is 448 g/mol. The van der Waals surface area contributed by atoms with Crippen molar-refractivity contribution in [1.82, 2.24) is 14.7 Å². The van der Waals surface area contributed by atoms with E-state index in [1.54, 1.807) is 6.07 Å². The summed E-state index contributed by atoms with van der Waals surface area (Å²) in [6.45, 7) is 5.76. The van der Waals surface area contributed by atoms with E-state index in [-0.39, 0.29) is 11.7 Å². The number of pyridine rings is 1. The van der Waals surface area contributed by atoms with Gasteiger partial charge in [-0.2, -0.15) is 0 Å². The number of anilines is 2. The summed E-state index contributed by atoms with van der Waals surface area (Å²) in [4.78, 5) is 22.0. The minimum atomic E-state index is -0.416. The van der Waals surface area contributed by atoms with E-state index in [0.29, 0.717) is 30.0 Å². The van der Waals surface area contributed by atoms with Crippen molar-refractivity contribution in [1.29, 1.82) is 0 Å². The quantitative estimate of drug-likeness (QED) is 0.448. The molecule has 2 aromatic carbocycles. The first-order valence-corrected chi connectivity index (χ1v) is 11.8. The molecule has 5 rings (SSSR count). The van der Waals surface area contributed by atoms with Crippen molar-refractivity contribution >= 4 is 22.9 Å². The SMILES string of the molecule is CCc1nc2ccc(F)cn2c1C(=O)NCc1ccc(N2CCN(c3ccc(F)cc3)CC2)cc1. The molecule has 35 heavy (non-hydrogen) atoms. The molecule has 1 amide bonds. The minimum absolute atomic E-state index is 0.220. The highest BCUT2D eigenvalue weighted by Crippen LogP contribution is 2.22. The Morgan fingerprint density at radius 3 is 2.03 bits per heavy atom. The molecule has 0 bridgehead atoms. The second-order valence-corrected chi connectivity index (χ2v) is 8.64. The molecule has 0 unspecified atom stereocenters. The summed E-state index contributed by atoms with van der Waals surface area (Å²) in [6.07, 6.45) is 1.87. The van der Waals surface area contributed by atoms with Crippen LogP contribution >= 0.6 is 0 Å². The zero-order valence-corrected chi connectivity index (χ0v) is 19.5. The summed E-state index contributed by atoms with van der Waals surface area (Å²) in [5, 5.41) is 2.95. The molecule has 3 heterocycles. The Labute approximate surface area is 202 Å². The van der Waals surface area contributed by atoms with Gasteiger partial charge in [-0.1, -0.05) is 19.1 Å². The molecule has 0 atom stereocenters. The zero-order chi connectivity index (χ0) is 24.4. The van der Waals surface area contributed by atoms with E-state index < -0.39 is 5.82 Å². The molecule has 0 saturated carbocycles. The topological polar surface area (TPSA) is 52.9 Å². The molecule has 0 radical (unpaired) electrons. The van der Waals surface area contributed by atoms with Crippen LogP contribution in [0.3, 0.4) is 0 Å². The number of piperazine rings is 1. The van der Waals surface area contributed by atoms with Crippen molar-refractivity contribution in [2.45, 2.75) is 19.9 Å². The predicted octanol–water partition coefficient (Wildman–Crippen LogP) is 4.43. The van der Waals surface area contributed by atoms with Crippen LogP contribution in [0.4, 0.5) is 20.2 Å². The molecule has 1 N–H and O–H groups in total. The second kappa shape index (κ2) is 9.74. The molecular formula is C27H27F2N5O. The highest BCUT2D eigenvalue weighted by Gasteiger charge is 2.19. The lowest BCUT2D eigenvalue weighted by Crippen LogP contribution is -2.46. The lowest BCUT2D eigenvalue weighted by Gasteiger charge is -2.37. The lowest BCUT2D eigenvalue weighted by atomic mass is 10.1. The highest BCUT2D eigenvalue weighted by atomic mass is 19.1. The number of aromatic nitrogens is 2. The van der Waals surface area contributed by atoms with Crippen LogP contribution in [0.1, 0.15) is 28.7 Å². The number of halogens is 2. The molecule has 8 heteroatoms. The van der Waals surface area contributed by atoms with E-state index >= 15 is 0 Å². The van der Waals surface area contributed by atoms with Crippen LogP contribution in [0, 0.1) is 11.6 Å². The fourth-order valence-corrected chi connectivity index (χ4v) is 4.52. The molecule has 2 aromatic heterocycles. The predicted molar refractivity (Wildman–Crippen MR) is 133 cm³/mol. The number of amides is 1. The van der Waals surface area contributed by atoms with Gasteiger partial charge in [0.05, 0.1) is 5.69 Å². The maximum Gasteiger partial charge on any atom is 0.270 e. The van der Waals surface area contributed by atoms with Gasteiger partial charge in [0.1, 0.15) is 23.0 Å². The van der Waals surface area contributed by atoms with Crippen molar-refractivity contribution in [3.05, 3.63) is 95.4 Å². The number of aryl methyl sites for hydroxylation is 1. The average molecular weight is 476 g/mol. The summed E-state index contributed by atoms with van der Waals surface area (Å²) >= 11 is 0. The molecule has 0 spiro atoms. The average Bonchev–Trinajstić information content (AvgIpc) is 3.26. The molecule has 0 aliphatic carbocycles. The van der Waals surface area contributed by atoms with Crippen molar-refractivity contribution in [2.24, 2.45) is 0 Å². The van der Waals surface area contributed by atoms with Gasteiger partial charge < -0.3 is 15.1 Å². The van der Waals surface area contributed by atoms with E-state index in [9.17, 15) is 13.6 Å². The number of benzene rings is 2. The van der Waals surface area contributed by atoms with E-state index in [2.05, 4.69) is 32.2 Å². The third-order valence-electron chi connectivity index (χ3n) is 6.43. The first-order chi connectivity index (χ1) is 17.0. The number of fused-ring (bicyclic) bond motifs is 1. The molecule has 1 fully saturated rings. The summed E-state index contributed by atoms with van der Waals surface area (Å²) in [7, 11) is 0. The van der Waals surface area contributed by atoms with Crippen LogP contribution in [0.25, 0.3) is 5.65 Å². The van der Waals surface area contributed by atoms with Crippen LogP contribution in [-0.2, 0) is 13.0 Å². The second-order valence-electron chi connectivity index (χ2n) is 8.64. The van der Waals surface area contributed by atoms with Gasteiger partial charge in [0.25, 0.3) is 5.91 Å². The largest absolute Gasteiger partial charge is 0.368 e. The number of nitrogens with zero attached hydrogens (tertiary/aromatic N) is 4. The number of hydrogen-bond acceptors (Lipinski definition) is 4. The smallest absolute Gasteiger partial charge is 0.270 e. The number of rotatable bonds is 6. The Hall–Kier alpha value is -3.94. The third kappa shape index (κ3) is 4.82. The summed E-state index contributed by atoms with van der Waals surface area (Å²) in [6, 6.07) is 17.7. The van der Waals surface area contributed by atoms with Crippen LogP contribution in [0.15, 0.2) is 66.9 Å². The van der Waals surface area contributed by atoms with Gasteiger partial charge >= 0.3 is 0 Å². The monoisotopic (exact) mass is 475 g/mol. The van der Waals surface area contributed by atoms with Crippen LogP contribution in [0.2, 0.25) is 0 Å². The van der Waals surface area contributed by atoms with E-state index in [1.807, 2.05) is 31.2 Å². The molecule has 180 valence electrons. The normalized spacial score (nSPS) is 13.9. The van der Waals surface area contributed by atoms with Crippen molar-refractivity contribution in [3.63, 3.8) is 0 Å². The number of nitrogens with one attached hydrogen (secondary N) is 1. The van der Waals surface area contributed by atoms with Gasteiger partial charge in [-0.25, -0.2) is 13.8 Å². The molecule has 1 aliphatic rings. The van der Waals surface area contributed by atoms with Gasteiger partial charge in [0.15, 0.2) is 0 Å². The van der Waals surface area contributed by atoms with E-state index in [0.717, 1.165) is 43.1 Å². The minimum Gasteiger partial charge on any atom is -0.368 e. The number of carbonyl (C=O) groups is 1. The van der Waals surface area contributed by atoms with Gasteiger partial charge in [-0.05, 0) is 60.5 Å². The van der Waals surface area contributed by atoms with Gasteiger partial charge in [-0.15, -0.1) is 0 Å². The van der Waals surface area contributed by atoms with Crippen LogP contribution in [-0.4, -0.2) is 41.5 Å². The lowest BCUT2D eigenvalue weighted by molar-refractivity contribution is 0.0944. The third-order valence-corrected chi connectivity index (χ3v) is 6.43.